The number of nitrogens with zero attached hydrogens (tertiary/aromatic N) is 1. The second-order valence-electron chi connectivity index (χ2n) is 7.32. The Morgan fingerprint density at radius 3 is 2.37 bits per heavy atom. The van der Waals surface area contributed by atoms with E-state index in [9.17, 15) is 8.42 Å². The van der Waals surface area contributed by atoms with Gasteiger partial charge in [0.05, 0.1) is 18.4 Å². The molecule has 0 amide bonds. The van der Waals surface area contributed by atoms with Crippen molar-refractivity contribution in [3.63, 3.8) is 0 Å². The van der Waals surface area contributed by atoms with E-state index in [2.05, 4.69) is 34.7 Å². The molecule has 0 spiro atoms. The van der Waals surface area contributed by atoms with Crippen LogP contribution in [-0.2, 0) is 16.4 Å². The molecule has 8 heteroatoms. The lowest BCUT2D eigenvalue weighted by Crippen LogP contribution is -2.32. The van der Waals surface area contributed by atoms with Crippen LogP contribution in [0.4, 0.5) is 5.69 Å². The lowest BCUT2D eigenvalue weighted by molar-refractivity contribution is 0.242. The minimum Gasteiger partial charge on any atom is -0.491 e. The second kappa shape index (κ2) is 12.8. The van der Waals surface area contributed by atoms with Crippen molar-refractivity contribution in [2.24, 2.45) is 4.99 Å². The highest BCUT2D eigenvalue weighted by molar-refractivity contribution is 14.0. The number of halogens is 1. The summed E-state index contributed by atoms with van der Waals surface area (Å²) in [5, 5.41) is 6.50. The number of aryl methyl sites for hydroxylation is 1. The van der Waals surface area contributed by atoms with Gasteiger partial charge in [-0.2, -0.15) is 0 Å². The van der Waals surface area contributed by atoms with Crippen molar-refractivity contribution in [1.29, 1.82) is 0 Å². The fraction of sp³-hybridized carbons (Fsp3) is 0.409. The monoisotopic (exact) mass is 545 g/mol. The maximum atomic E-state index is 11.3. The molecule has 0 aliphatic carbocycles. The number of rotatable bonds is 9. The van der Waals surface area contributed by atoms with Gasteiger partial charge in [0.2, 0.25) is 0 Å². The first-order valence-electron chi connectivity index (χ1n) is 9.77. The van der Waals surface area contributed by atoms with Gasteiger partial charge in [-0.15, -0.1) is 24.0 Å². The Morgan fingerprint density at radius 2 is 1.77 bits per heavy atom. The van der Waals surface area contributed by atoms with Crippen LogP contribution in [0.2, 0.25) is 0 Å². The predicted octanol–water partition coefficient (Wildman–Crippen LogP) is 4.39. The molecule has 0 saturated carbocycles. The summed E-state index contributed by atoms with van der Waals surface area (Å²) in [5.41, 5.74) is 3.20. The number of anilines is 1. The highest BCUT2D eigenvalue weighted by Crippen LogP contribution is 2.17. The highest BCUT2D eigenvalue weighted by atomic mass is 127. The van der Waals surface area contributed by atoms with Crippen LogP contribution >= 0.6 is 24.0 Å². The van der Waals surface area contributed by atoms with Crippen LogP contribution in [0.1, 0.15) is 31.4 Å². The zero-order valence-electron chi connectivity index (χ0n) is 18.0. The third-order valence-corrected chi connectivity index (χ3v) is 5.17. The molecule has 6 nitrogen and oxygen atoms in total. The quantitative estimate of drug-likeness (QED) is 0.212. The first kappa shape index (κ1) is 26.2. The Morgan fingerprint density at radius 1 is 1.10 bits per heavy atom. The third kappa shape index (κ3) is 10.3. The summed E-state index contributed by atoms with van der Waals surface area (Å²) < 4.78 is 28.3. The smallest absolute Gasteiger partial charge is 0.196 e. The van der Waals surface area contributed by atoms with Gasteiger partial charge < -0.3 is 15.4 Å². The number of ether oxygens (including phenoxy) is 1. The van der Waals surface area contributed by atoms with Crippen molar-refractivity contribution in [2.75, 3.05) is 23.9 Å². The van der Waals surface area contributed by atoms with Crippen LogP contribution in [0.3, 0.4) is 0 Å². The summed E-state index contributed by atoms with van der Waals surface area (Å²) in [6.07, 6.45) is 1.89. The van der Waals surface area contributed by atoms with E-state index in [1.807, 2.05) is 50.2 Å². The fourth-order valence-corrected chi connectivity index (χ4v) is 3.33. The molecular formula is C22H32IN3O3S. The van der Waals surface area contributed by atoms with Gasteiger partial charge in [0.1, 0.15) is 15.6 Å². The zero-order chi connectivity index (χ0) is 21.3. The molecule has 2 N–H and O–H groups in total. The molecule has 0 bridgehead atoms. The summed E-state index contributed by atoms with van der Waals surface area (Å²) in [6.45, 7) is 7.08. The number of guanidine groups is 1. The van der Waals surface area contributed by atoms with E-state index in [0.29, 0.717) is 25.5 Å². The average Bonchev–Trinajstić information content (AvgIpc) is 2.64. The predicted molar refractivity (Wildman–Crippen MR) is 136 cm³/mol. The van der Waals surface area contributed by atoms with Crippen molar-refractivity contribution in [1.82, 2.24) is 5.32 Å². The molecule has 0 heterocycles. The summed E-state index contributed by atoms with van der Waals surface area (Å²) in [5.74, 6) is 1.57. The van der Waals surface area contributed by atoms with Crippen molar-refractivity contribution in [3.8, 4) is 5.75 Å². The zero-order valence-corrected chi connectivity index (χ0v) is 21.2. The molecule has 0 atom stereocenters. The van der Waals surface area contributed by atoms with Gasteiger partial charge in [0, 0.05) is 18.5 Å². The molecule has 166 valence electrons. The van der Waals surface area contributed by atoms with E-state index < -0.39 is 9.84 Å². The molecule has 0 fully saturated rings. The Hall–Kier alpha value is -1.81. The molecule has 2 aromatic carbocycles. The maximum absolute atomic E-state index is 11.3. The summed E-state index contributed by atoms with van der Waals surface area (Å²) in [7, 11) is -2.97. The van der Waals surface area contributed by atoms with E-state index in [0.717, 1.165) is 17.0 Å². The molecule has 2 aromatic rings. The van der Waals surface area contributed by atoms with Crippen molar-refractivity contribution in [3.05, 3.63) is 59.7 Å². The topological polar surface area (TPSA) is 79.8 Å². The lowest BCUT2D eigenvalue weighted by atomic mass is 10.1. The van der Waals surface area contributed by atoms with Gasteiger partial charge >= 0.3 is 0 Å². The molecule has 30 heavy (non-hydrogen) atoms. The molecule has 0 radical (unpaired) electrons. The van der Waals surface area contributed by atoms with Gasteiger partial charge in [0.25, 0.3) is 0 Å². The van der Waals surface area contributed by atoms with Crippen LogP contribution in [-0.4, -0.2) is 39.0 Å². The standard InChI is InChI=1S/C22H31N3O3S.HI/c1-17(2)28-21-12-10-20(11-13-21)25-22(23-14-7-15-29(4,26)27)24-16-19-9-6-5-8-18(19)3;/h5-6,8-13,17H,7,14-16H2,1-4H3,(H2,23,24,25);1H. The Labute approximate surface area is 197 Å². The molecular weight excluding hydrogens is 513 g/mol. The molecule has 0 unspecified atom stereocenters. The van der Waals surface area contributed by atoms with E-state index in [1.54, 1.807) is 0 Å². The maximum Gasteiger partial charge on any atom is 0.196 e. The fourth-order valence-electron chi connectivity index (χ4n) is 2.66. The van der Waals surface area contributed by atoms with Gasteiger partial charge in [0.15, 0.2) is 5.96 Å². The Balaban J connectivity index is 0.00000450. The van der Waals surface area contributed by atoms with Crippen molar-refractivity contribution in [2.45, 2.75) is 39.8 Å². The number of hydrogen-bond donors (Lipinski definition) is 2. The second-order valence-corrected chi connectivity index (χ2v) is 9.58. The van der Waals surface area contributed by atoms with Crippen LogP contribution in [0.15, 0.2) is 53.5 Å². The number of aliphatic imine (C=N–C) groups is 1. The minimum atomic E-state index is -2.97. The lowest BCUT2D eigenvalue weighted by Gasteiger charge is -2.14. The van der Waals surface area contributed by atoms with Gasteiger partial charge in [-0.3, -0.25) is 0 Å². The van der Waals surface area contributed by atoms with Crippen molar-refractivity contribution < 1.29 is 13.2 Å². The van der Waals surface area contributed by atoms with Crippen LogP contribution in [0.5, 0.6) is 5.75 Å². The number of sulfone groups is 1. The molecule has 0 aliphatic rings. The van der Waals surface area contributed by atoms with Crippen LogP contribution in [0.25, 0.3) is 0 Å². The van der Waals surface area contributed by atoms with Crippen LogP contribution < -0.4 is 15.4 Å². The molecule has 0 aliphatic heterocycles. The first-order valence-corrected chi connectivity index (χ1v) is 11.8. The molecule has 0 saturated heterocycles. The number of hydrogen-bond acceptors (Lipinski definition) is 4. The van der Waals surface area contributed by atoms with Gasteiger partial charge in [-0.05, 0) is 62.6 Å². The van der Waals surface area contributed by atoms with E-state index in [-0.39, 0.29) is 35.8 Å². The first-order chi connectivity index (χ1) is 13.7. The molecule has 0 aromatic heterocycles. The number of benzene rings is 2. The van der Waals surface area contributed by atoms with E-state index >= 15 is 0 Å². The SMILES string of the molecule is Cc1ccccc1CN=C(NCCCS(C)(=O)=O)Nc1ccc(OC(C)C)cc1.I. The third-order valence-electron chi connectivity index (χ3n) is 4.14. The highest BCUT2D eigenvalue weighted by Gasteiger charge is 2.05. The van der Waals surface area contributed by atoms with E-state index in [4.69, 9.17) is 4.74 Å². The minimum absolute atomic E-state index is 0. The molecule has 2 rings (SSSR count). The normalized spacial score (nSPS) is 11.7. The largest absolute Gasteiger partial charge is 0.491 e. The Kier molecular flexibility index (Phi) is 11.2. The summed E-state index contributed by atoms with van der Waals surface area (Å²) >= 11 is 0. The van der Waals surface area contributed by atoms with Crippen molar-refractivity contribution >= 4 is 45.5 Å². The summed E-state index contributed by atoms with van der Waals surface area (Å²) in [4.78, 5) is 4.67. The van der Waals surface area contributed by atoms with Gasteiger partial charge in [-0.25, -0.2) is 13.4 Å². The van der Waals surface area contributed by atoms with E-state index in [1.165, 1.54) is 11.8 Å². The van der Waals surface area contributed by atoms with Gasteiger partial charge in [-0.1, -0.05) is 24.3 Å². The van der Waals surface area contributed by atoms with Crippen LogP contribution in [0, 0.1) is 6.92 Å². The average molecular weight is 545 g/mol. The summed E-state index contributed by atoms with van der Waals surface area (Å²) in [6, 6.07) is 15.8. The Bertz CT molecular complexity index is 913. The number of nitrogens with one attached hydrogen (secondary N) is 2.